The maximum Gasteiger partial charge on any atom is 0.172 e. The summed E-state index contributed by atoms with van der Waals surface area (Å²) in [5, 5.41) is 11.9. The van der Waals surface area contributed by atoms with Gasteiger partial charge in [0.2, 0.25) is 0 Å². The van der Waals surface area contributed by atoms with Gasteiger partial charge in [-0.2, -0.15) is 0 Å². The van der Waals surface area contributed by atoms with Gasteiger partial charge in [-0.05, 0) is 18.9 Å². The number of nitrogens with zero attached hydrogens (tertiary/aromatic N) is 3. The first kappa shape index (κ1) is 11.3. The van der Waals surface area contributed by atoms with Crippen molar-refractivity contribution in [3.63, 3.8) is 0 Å². The van der Waals surface area contributed by atoms with Crippen molar-refractivity contribution in [1.82, 2.24) is 4.98 Å². The van der Waals surface area contributed by atoms with Crippen LogP contribution in [-0.2, 0) is 4.74 Å². The molecule has 3 N–H and O–H groups in total. The number of ether oxygens (including phenoxy) is 1. The molecule has 2 fully saturated rings. The molecule has 2 bridgehead atoms. The molecule has 2 aliphatic rings. The summed E-state index contributed by atoms with van der Waals surface area (Å²) >= 11 is 0. The fraction of sp³-hybridized carbons (Fsp3) is 0.500. The number of amidine groups is 1. The van der Waals surface area contributed by atoms with Crippen molar-refractivity contribution < 1.29 is 9.94 Å². The first-order chi connectivity index (χ1) is 8.78. The van der Waals surface area contributed by atoms with E-state index in [1.165, 1.54) is 0 Å². The van der Waals surface area contributed by atoms with E-state index >= 15 is 0 Å². The second kappa shape index (κ2) is 4.45. The minimum atomic E-state index is 0.117. The largest absolute Gasteiger partial charge is 0.409 e. The fourth-order valence-corrected chi connectivity index (χ4v) is 2.72. The minimum Gasteiger partial charge on any atom is -0.409 e. The summed E-state index contributed by atoms with van der Waals surface area (Å²) in [6, 6.07) is 1.77. The summed E-state index contributed by atoms with van der Waals surface area (Å²) in [6.45, 7) is 1.68. The third-order valence-electron chi connectivity index (χ3n) is 3.57. The molecule has 6 nitrogen and oxygen atoms in total. The number of hydrogen-bond donors (Lipinski definition) is 2. The van der Waals surface area contributed by atoms with Crippen molar-refractivity contribution in [3.8, 4) is 0 Å². The molecule has 0 saturated carbocycles. The second-order valence-electron chi connectivity index (χ2n) is 4.74. The van der Waals surface area contributed by atoms with Gasteiger partial charge in [0, 0.05) is 24.8 Å². The molecule has 3 heterocycles. The van der Waals surface area contributed by atoms with Gasteiger partial charge in [0.15, 0.2) is 5.84 Å². The van der Waals surface area contributed by atoms with Crippen LogP contribution < -0.4 is 10.6 Å². The van der Waals surface area contributed by atoms with E-state index in [4.69, 9.17) is 15.7 Å². The Labute approximate surface area is 105 Å². The number of anilines is 1. The van der Waals surface area contributed by atoms with Crippen LogP contribution in [-0.4, -0.2) is 41.3 Å². The summed E-state index contributed by atoms with van der Waals surface area (Å²) in [4.78, 5) is 6.35. The van der Waals surface area contributed by atoms with Crippen LogP contribution >= 0.6 is 0 Å². The van der Waals surface area contributed by atoms with Gasteiger partial charge in [0.1, 0.15) is 0 Å². The molecule has 96 valence electrons. The Morgan fingerprint density at radius 3 is 2.83 bits per heavy atom. The molecular weight excluding hydrogens is 232 g/mol. The average molecular weight is 248 g/mol. The zero-order valence-electron chi connectivity index (χ0n) is 9.99. The normalized spacial score (nSPS) is 27.6. The molecule has 2 saturated heterocycles. The van der Waals surface area contributed by atoms with Crippen molar-refractivity contribution in [3.05, 3.63) is 24.0 Å². The Morgan fingerprint density at radius 2 is 2.17 bits per heavy atom. The van der Waals surface area contributed by atoms with Crippen LogP contribution in [0, 0.1) is 0 Å². The number of hydrogen-bond acceptors (Lipinski definition) is 5. The van der Waals surface area contributed by atoms with E-state index in [9.17, 15) is 0 Å². The lowest BCUT2D eigenvalue weighted by Gasteiger charge is -2.34. The molecule has 1 aromatic rings. The van der Waals surface area contributed by atoms with Crippen LogP contribution in [0.4, 0.5) is 5.69 Å². The SMILES string of the molecule is N/C(=N/O)c1ccncc1N1CC2CCC(C1)O2. The van der Waals surface area contributed by atoms with Gasteiger partial charge in [-0.3, -0.25) is 4.98 Å². The molecular formula is C12H16N4O2. The van der Waals surface area contributed by atoms with E-state index in [1.54, 1.807) is 18.5 Å². The van der Waals surface area contributed by atoms with Crippen molar-refractivity contribution in [2.45, 2.75) is 25.0 Å². The molecule has 2 atom stereocenters. The molecule has 18 heavy (non-hydrogen) atoms. The topological polar surface area (TPSA) is 84.0 Å². The van der Waals surface area contributed by atoms with Gasteiger partial charge in [-0.15, -0.1) is 0 Å². The van der Waals surface area contributed by atoms with E-state index in [2.05, 4.69) is 15.0 Å². The van der Waals surface area contributed by atoms with Crippen LogP contribution in [0.25, 0.3) is 0 Å². The number of aromatic nitrogens is 1. The highest BCUT2D eigenvalue weighted by Crippen LogP contribution is 2.30. The third-order valence-corrected chi connectivity index (χ3v) is 3.57. The molecule has 0 aliphatic carbocycles. The average Bonchev–Trinajstić information content (AvgIpc) is 2.76. The molecule has 0 radical (unpaired) electrons. The third kappa shape index (κ3) is 1.88. The Balaban J connectivity index is 1.92. The highest BCUT2D eigenvalue weighted by molar-refractivity contribution is 6.02. The lowest BCUT2D eigenvalue weighted by atomic mass is 10.1. The lowest BCUT2D eigenvalue weighted by Crippen LogP contribution is -2.43. The van der Waals surface area contributed by atoms with Crippen LogP contribution in [0.15, 0.2) is 23.6 Å². The summed E-state index contributed by atoms with van der Waals surface area (Å²) in [6.07, 6.45) is 6.22. The first-order valence-corrected chi connectivity index (χ1v) is 6.10. The fourth-order valence-electron chi connectivity index (χ4n) is 2.72. The molecule has 6 heteroatoms. The van der Waals surface area contributed by atoms with Crippen molar-refractivity contribution in [2.24, 2.45) is 10.9 Å². The van der Waals surface area contributed by atoms with Gasteiger partial charge in [0.25, 0.3) is 0 Å². The summed E-state index contributed by atoms with van der Waals surface area (Å²) in [7, 11) is 0. The molecule has 2 unspecified atom stereocenters. The Hall–Kier alpha value is -1.82. The van der Waals surface area contributed by atoms with E-state index in [0.717, 1.165) is 31.6 Å². The van der Waals surface area contributed by atoms with E-state index in [0.29, 0.717) is 17.8 Å². The van der Waals surface area contributed by atoms with Crippen molar-refractivity contribution in [1.29, 1.82) is 0 Å². The highest BCUT2D eigenvalue weighted by atomic mass is 16.5. The minimum absolute atomic E-state index is 0.117. The van der Waals surface area contributed by atoms with Gasteiger partial charge < -0.3 is 20.6 Å². The standard InChI is InChI=1S/C12H16N4O2/c13-12(15-17)10-3-4-14-5-11(10)16-6-8-1-2-9(7-16)18-8/h3-5,8-9,17H,1-2,6-7H2,(H2,13,15). The number of fused-ring (bicyclic) bond motifs is 2. The monoisotopic (exact) mass is 248 g/mol. The van der Waals surface area contributed by atoms with Gasteiger partial charge in [0.05, 0.1) is 24.1 Å². The number of nitrogens with two attached hydrogens (primary N) is 1. The predicted octanol–water partition coefficient (Wildman–Crippen LogP) is 0.544. The van der Waals surface area contributed by atoms with Crippen LogP contribution in [0.5, 0.6) is 0 Å². The van der Waals surface area contributed by atoms with Crippen molar-refractivity contribution in [2.75, 3.05) is 18.0 Å². The Bertz CT molecular complexity index is 465. The molecule has 1 aromatic heterocycles. The Morgan fingerprint density at radius 1 is 1.44 bits per heavy atom. The van der Waals surface area contributed by atoms with E-state index in [-0.39, 0.29) is 5.84 Å². The maximum absolute atomic E-state index is 8.83. The molecule has 3 rings (SSSR count). The van der Waals surface area contributed by atoms with Crippen LogP contribution in [0.3, 0.4) is 0 Å². The number of morpholine rings is 1. The number of rotatable bonds is 2. The molecule has 0 aromatic carbocycles. The van der Waals surface area contributed by atoms with Crippen molar-refractivity contribution >= 4 is 11.5 Å². The first-order valence-electron chi connectivity index (χ1n) is 6.10. The molecule has 0 amide bonds. The quantitative estimate of drug-likeness (QED) is 0.345. The maximum atomic E-state index is 8.83. The summed E-state index contributed by atoms with van der Waals surface area (Å²) < 4.78 is 5.80. The molecule has 2 aliphatic heterocycles. The van der Waals surface area contributed by atoms with E-state index < -0.39 is 0 Å². The predicted molar refractivity (Wildman–Crippen MR) is 66.9 cm³/mol. The van der Waals surface area contributed by atoms with Crippen LogP contribution in [0.1, 0.15) is 18.4 Å². The van der Waals surface area contributed by atoms with Gasteiger partial charge >= 0.3 is 0 Å². The van der Waals surface area contributed by atoms with Crippen LogP contribution in [0.2, 0.25) is 0 Å². The van der Waals surface area contributed by atoms with Gasteiger partial charge in [-0.25, -0.2) is 0 Å². The number of oxime groups is 1. The molecule has 0 spiro atoms. The van der Waals surface area contributed by atoms with Gasteiger partial charge in [-0.1, -0.05) is 5.16 Å². The summed E-state index contributed by atoms with van der Waals surface area (Å²) in [5.74, 6) is 0.117. The zero-order valence-corrected chi connectivity index (χ0v) is 9.99. The zero-order chi connectivity index (χ0) is 12.5. The Kier molecular flexibility index (Phi) is 2.79. The second-order valence-corrected chi connectivity index (χ2v) is 4.74. The highest BCUT2D eigenvalue weighted by Gasteiger charge is 2.34. The lowest BCUT2D eigenvalue weighted by molar-refractivity contribution is 0.0304. The smallest absolute Gasteiger partial charge is 0.172 e. The summed E-state index contributed by atoms with van der Waals surface area (Å²) in [5.41, 5.74) is 7.33. The van der Waals surface area contributed by atoms with E-state index in [1.807, 2.05) is 0 Å². The number of pyridine rings is 1.